The van der Waals surface area contributed by atoms with Gasteiger partial charge in [-0.25, -0.2) is 0 Å². The molecule has 56 valence electrons. The molecule has 0 aliphatic carbocycles. The van der Waals surface area contributed by atoms with Crippen molar-refractivity contribution in [1.82, 2.24) is 0 Å². The maximum absolute atomic E-state index is 11.5. The first-order valence-corrected chi connectivity index (χ1v) is 6.42. The molecular weight excluding hydrogens is 278 g/mol. The van der Waals surface area contributed by atoms with Crippen molar-refractivity contribution in [3.8, 4) is 0 Å². The van der Waals surface area contributed by atoms with Crippen molar-refractivity contribution in [2.24, 2.45) is 0 Å². The fourth-order valence-corrected chi connectivity index (χ4v) is 1.18. The molecule has 0 rings (SSSR count). The van der Waals surface area contributed by atoms with Crippen LogP contribution in [0.4, 0.5) is 22.0 Å². The molecule has 0 radical (unpaired) electrons. The van der Waals surface area contributed by atoms with Gasteiger partial charge in [0.05, 0.1) is 0 Å². The minimum absolute atomic E-state index is 1.89. The Balaban J connectivity index is 4.14. The second-order valence-electron chi connectivity index (χ2n) is 1.09. The predicted molar refractivity (Wildman–Crippen MR) is 25.7 cm³/mol. The van der Waals surface area contributed by atoms with Crippen LogP contribution in [0.25, 0.3) is 0 Å². The average molecular weight is 278 g/mol. The molecule has 0 aromatic heterocycles. The average Bonchev–Trinajstić information content (AvgIpc) is 1.64. The summed E-state index contributed by atoms with van der Waals surface area (Å²) < 4.78 is 56.2. The van der Waals surface area contributed by atoms with E-state index in [-0.39, 0.29) is 0 Å². The van der Waals surface area contributed by atoms with Crippen LogP contribution in [0.1, 0.15) is 0 Å². The zero-order chi connectivity index (χ0) is 7.71. The molecule has 0 aromatic carbocycles. The summed E-state index contributed by atoms with van der Waals surface area (Å²) >= 11 is 0.209. The summed E-state index contributed by atoms with van der Waals surface area (Å²) in [5.74, 6) is 0. The molecule has 0 saturated heterocycles. The zero-order valence-electron chi connectivity index (χ0n) is 3.68. The topological polar surface area (TPSA) is 0 Å². The standard InChI is InChI=1S/C2BrF5Se/c3-9-2(7,8)1(4,5)6. The quantitative estimate of drug-likeness (QED) is 0.509. The van der Waals surface area contributed by atoms with Gasteiger partial charge in [0.25, 0.3) is 0 Å². The summed E-state index contributed by atoms with van der Waals surface area (Å²) in [6.45, 7) is 0. The van der Waals surface area contributed by atoms with Crippen molar-refractivity contribution in [1.29, 1.82) is 0 Å². The predicted octanol–water partition coefficient (Wildman–Crippen LogP) is 2.16. The third-order valence-electron chi connectivity index (χ3n) is 0.427. The van der Waals surface area contributed by atoms with E-state index in [1.165, 1.54) is 0 Å². The van der Waals surface area contributed by atoms with E-state index in [9.17, 15) is 22.0 Å². The van der Waals surface area contributed by atoms with Crippen LogP contribution in [0.3, 0.4) is 0 Å². The van der Waals surface area contributed by atoms with Gasteiger partial charge < -0.3 is 0 Å². The Morgan fingerprint density at radius 3 is 1.33 bits per heavy atom. The molecule has 0 heterocycles. The number of alkyl halides is 5. The van der Waals surface area contributed by atoms with E-state index in [1.807, 2.05) is 0 Å². The summed E-state index contributed by atoms with van der Waals surface area (Å²) in [7, 11) is 0. The van der Waals surface area contributed by atoms with E-state index in [2.05, 4.69) is 14.1 Å². The van der Waals surface area contributed by atoms with Crippen molar-refractivity contribution in [3.05, 3.63) is 0 Å². The number of hydrogen-bond donors (Lipinski definition) is 0. The van der Waals surface area contributed by atoms with Crippen LogP contribution in [0.5, 0.6) is 0 Å². The molecule has 0 unspecified atom stereocenters. The van der Waals surface area contributed by atoms with Gasteiger partial charge in [-0.1, -0.05) is 0 Å². The fraction of sp³-hybridized carbons (Fsp3) is 1.00. The first kappa shape index (κ1) is 9.65. The monoisotopic (exact) mass is 278 g/mol. The first-order valence-electron chi connectivity index (χ1n) is 1.55. The van der Waals surface area contributed by atoms with Gasteiger partial charge >= 0.3 is 60.2 Å². The van der Waals surface area contributed by atoms with Crippen molar-refractivity contribution in [2.75, 3.05) is 0 Å². The number of rotatable bonds is 1. The Kier molecular flexibility index (Phi) is 2.91. The molecular formula is C2BrF5Se. The minimum atomic E-state index is -5.41. The molecule has 0 amide bonds. The van der Waals surface area contributed by atoms with Crippen LogP contribution < -0.4 is 0 Å². The molecule has 0 nitrogen and oxygen atoms in total. The van der Waals surface area contributed by atoms with Crippen molar-refractivity contribution >= 4 is 27.3 Å². The van der Waals surface area contributed by atoms with Gasteiger partial charge in [-0.3, -0.25) is 0 Å². The summed E-state index contributed by atoms with van der Waals surface area (Å²) in [5, 5.41) is 0. The Labute approximate surface area is 60.6 Å². The summed E-state index contributed by atoms with van der Waals surface area (Å²) in [6.07, 6.45) is -5.41. The molecule has 0 aromatic rings. The van der Waals surface area contributed by atoms with E-state index in [1.54, 1.807) is 0 Å². The molecule has 0 spiro atoms. The molecule has 0 fully saturated rings. The van der Waals surface area contributed by atoms with Crippen LogP contribution in [-0.2, 0) is 0 Å². The normalized spacial score (nSPS) is 14.0. The Morgan fingerprint density at radius 1 is 1.00 bits per heavy atom. The molecule has 0 aliphatic rings. The van der Waals surface area contributed by atoms with Crippen molar-refractivity contribution in [3.63, 3.8) is 0 Å². The Hall–Kier alpha value is 0.649. The molecule has 7 heteroatoms. The van der Waals surface area contributed by atoms with Crippen LogP contribution in [0.2, 0.25) is 0 Å². The Morgan fingerprint density at radius 2 is 1.33 bits per heavy atom. The van der Waals surface area contributed by atoms with E-state index in [0.717, 1.165) is 0 Å². The van der Waals surface area contributed by atoms with Crippen molar-refractivity contribution < 1.29 is 22.0 Å². The molecule has 0 atom stereocenters. The van der Waals surface area contributed by atoms with Gasteiger partial charge in [0.15, 0.2) is 0 Å². The molecule has 0 N–H and O–H groups in total. The van der Waals surface area contributed by atoms with Gasteiger partial charge in [0.1, 0.15) is 0 Å². The van der Waals surface area contributed by atoms with E-state index in [4.69, 9.17) is 0 Å². The Bertz CT molecular complexity index is 97.6. The second kappa shape index (κ2) is 2.72. The van der Waals surface area contributed by atoms with Crippen LogP contribution in [0, 0.1) is 0 Å². The van der Waals surface area contributed by atoms with Crippen LogP contribution >= 0.6 is 14.1 Å². The van der Waals surface area contributed by atoms with Gasteiger partial charge in [0, 0.05) is 0 Å². The van der Waals surface area contributed by atoms with Gasteiger partial charge in [-0.05, 0) is 0 Å². The summed E-state index contributed by atoms with van der Waals surface area (Å²) in [5.41, 5.74) is 0. The van der Waals surface area contributed by atoms with E-state index < -0.39 is 24.1 Å². The van der Waals surface area contributed by atoms with E-state index in [0.29, 0.717) is 0 Å². The third-order valence-corrected chi connectivity index (χ3v) is 3.43. The molecule has 0 saturated carbocycles. The van der Waals surface area contributed by atoms with E-state index >= 15 is 0 Å². The molecule has 0 bridgehead atoms. The molecule has 0 aliphatic heterocycles. The summed E-state index contributed by atoms with van der Waals surface area (Å²) in [4.78, 5) is -4.54. The third kappa shape index (κ3) is 2.39. The van der Waals surface area contributed by atoms with Gasteiger partial charge in [-0.15, -0.1) is 0 Å². The summed E-state index contributed by atoms with van der Waals surface area (Å²) in [6, 6.07) is 0. The van der Waals surface area contributed by atoms with Gasteiger partial charge in [-0.2, -0.15) is 0 Å². The number of hydrogen-bond acceptors (Lipinski definition) is 0. The number of halogens is 6. The molecule has 9 heavy (non-hydrogen) atoms. The van der Waals surface area contributed by atoms with Crippen LogP contribution in [0.15, 0.2) is 0 Å². The SMILES string of the molecule is FC(F)(F)C(F)(F)[Se]Br. The first-order chi connectivity index (χ1) is 3.81. The van der Waals surface area contributed by atoms with Gasteiger partial charge in [0.2, 0.25) is 0 Å². The second-order valence-corrected chi connectivity index (χ2v) is 4.17. The maximum atomic E-state index is 11.5. The van der Waals surface area contributed by atoms with Crippen LogP contribution in [-0.4, -0.2) is 24.1 Å². The zero-order valence-corrected chi connectivity index (χ0v) is 6.98. The fourth-order valence-electron chi connectivity index (χ4n) is 0.0437. The van der Waals surface area contributed by atoms with Crippen molar-refractivity contribution in [2.45, 2.75) is 11.0 Å².